The molecule has 20 heavy (non-hydrogen) atoms. The molecule has 0 aromatic heterocycles. The van der Waals surface area contributed by atoms with Crippen molar-refractivity contribution in [3.05, 3.63) is 29.8 Å². The van der Waals surface area contributed by atoms with Crippen molar-refractivity contribution < 1.29 is 5.11 Å². The van der Waals surface area contributed by atoms with E-state index in [9.17, 15) is 5.11 Å². The highest BCUT2D eigenvalue weighted by atomic mass is 16.3. The molecule has 1 heterocycles. The van der Waals surface area contributed by atoms with Crippen molar-refractivity contribution in [1.82, 2.24) is 0 Å². The van der Waals surface area contributed by atoms with Crippen molar-refractivity contribution >= 4 is 5.69 Å². The summed E-state index contributed by atoms with van der Waals surface area (Å²) in [6, 6.07) is 8.82. The van der Waals surface area contributed by atoms with Crippen LogP contribution in [0, 0.1) is 23.7 Å². The summed E-state index contributed by atoms with van der Waals surface area (Å²) in [6.07, 6.45) is 7.56. The molecule has 1 aliphatic heterocycles. The number of benzene rings is 1. The first-order chi connectivity index (χ1) is 9.73. The highest BCUT2D eigenvalue weighted by molar-refractivity contribution is 5.57. The molecule has 0 amide bonds. The Hall–Kier alpha value is -1.02. The van der Waals surface area contributed by atoms with Gasteiger partial charge >= 0.3 is 0 Å². The van der Waals surface area contributed by atoms with Crippen molar-refractivity contribution in [1.29, 1.82) is 0 Å². The summed E-state index contributed by atoms with van der Waals surface area (Å²) in [4.78, 5) is 0. The molecule has 4 saturated carbocycles. The second kappa shape index (κ2) is 3.79. The van der Waals surface area contributed by atoms with Crippen LogP contribution in [-0.2, 0) is 6.42 Å². The molecule has 0 saturated heterocycles. The molecule has 1 aromatic carbocycles. The van der Waals surface area contributed by atoms with Crippen LogP contribution < -0.4 is 5.32 Å². The summed E-state index contributed by atoms with van der Waals surface area (Å²) < 4.78 is 0. The third-order valence-corrected chi connectivity index (χ3v) is 6.78. The Morgan fingerprint density at radius 1 is 0.950 bits per heavy atom. The molecule has 4 fully saturated rings. The van der Waals surface area contributed by atoms with E-state index in [0.29, 0.717) is 11.8 Å². The van der Waals surface area contributed by atoms with Crippen LogP contribution in [0.5, 0.6) is 0 Å². The molecule has 6 rings (SSSR count). The summed E-state index contributed by atoms with van der Waals surface area (Å²) in [5, 5.41) is 15.3. The van der Waals surface area contributed by atoms with Crippen LogP contribution in [0.2, 0.25) is 0 Å². The maximum absolute atomic E-state index is 11.6. The predicted octanol–water partition coefficient (Wildman–Crippen LogP) is 3.21. The van der Waals surface area contributed by atoms with Crippen LogP contribution in [-0.4, -0.2) is 16.7 Å². The van der Waals surface area contributed by atoms with Gasteiger partial charge in [-0.15, -0.1) is 0 Å². The molecule has 0 radical (unpaired) electrons. The largest absolute Gasteiger partial charge is 0.387 e. The molecule has 2 nitrogen and oxygen atoms in total. The van der Waals surface area contributed by atoms with E-state index in [4.69, 9.17) is 0 Å². The molecule has 1 unspecified atom stereocenters. The normalized spacial score (nSPS) is 48.1. The molecular weight excluding hydrogens is 246 g/mol. The Kier molecular flexibility index (Phi) is 2.20. The van der Waals surface area contributed by atoms with Gasteiger partial charge in [-0.25, -0.2) is 0 Å². The number of para-hydroxylation sites is 1. The fraction of sp³-hybridized carbons (Fsp3) is 0.667. The van der Waals surface area contributed by atoms with Gasteiger partial charge < -0.3 is 10.4 Å². The maximum atomic E-state index is 11.6. The van der Waals surface area contributed by atoms with Crippen molar-refractivity contribution in [2.24, 2.45) is 23.7 Å². The predicted molar refractivity (Wildman–Crippen MR) is 79.6 cm³/mol. The van der Waals surface area contributed by atoms with Crippen molar-refractivity contribution in [2.45, 2.75) is 50.2 Å². The highest BCUT2D eigenvalue weighted by Gasteiger charge is 2.60. The molecule has 4 bridgehead atoms. The molecule has 5 aliphatic rings. The van der Waals surface area contributed by atoms with Gasteiger partial charge in [0.1, 0.15) is 0 Å². The Bertz CT molecular complexity index is 499. The van der Waals surface area contributed by atoms with Gasteiger partial charge in [-0.3, -0.25) is 0 Å². The Labute approximate surface area is 120 Å². The Morgan fingerprint density at radius 3 is 2.25 bits per heavy atom. The van der Waals surface area contributed by atoms with Gasteiger partial charge in [-0.2, -0.15) is 0 Å². The zero-order chi connectivity index (χ0) is 13.3. The molecule has 4 aliphatic carbocycles. The van der Waals surface area contributed by atoms with E-state index in [0.717, 1.165) is 18.3 Å². The first kappa shape index (κ1) is 11.6. The minimum atomic E-state index is -0.452. The number of aliphatic hydroxyl groups is 1. The van der Waals surface area contributed by atoms with E-state index < -0.39 is 5.60 Å². The molecule has 1 atom stereocenters. The van der Waals surface area contributed by atoms with Gasteiger partial charge in [-0.05, 0) is 73.8 Å². The fourth-order valence-corrected chi connectivity index (χ4v) is 6.09. The smallest absolute Gasteiger partial charge is 0.0907 e. The topological polar surface area (TPSA) is 32.3 Å². The van der Waals surface area contributed by atoms with Gasteiger partial charge in [0.05, 0.1) is 11.6 Å². The van der Waals surface area contributed by atoms with Gasteiger partial charge in [0, 0.05) is 5.69 Å². The van der Waals surface area contributed by atoms with Gasteiger partial charge in [0.2, 0.25) is 0 Å². The SMILES string of the molecule is OC1(C2Cc3ccccc3N2)C2CC3CC(C2)CC1C3. The minimum Gasteiger partial charge on any atom is -0.387 e. The second-order valence-corrected chi connectivity index (χ2v) is 7.75. The van der Waals surface area contributed by atoms with E-state index in [2.05, 4.69) is 29.6 Å². The van der Waals surface area contributed by atoms with Crippen molar-refractivity contribution in [2.75, 3.05) is 5.32 Å². The quantitative estimate of drug-likeness (QED) is 0.820. The van der Waals surface area contributed by atoms with Crippen LogP contribution in [0.1, 0.15) is 37.7 Å². The first-order valence-electron chi connectivity index (χ1n) is 8.30. The van der Waals surface area contributed by atoms with Crippen molar-refractivity contribution in [3.8, 4) is 0 Å². The van der Waals surface area contributed by atoms with E-state index in [1.54, 1.807) is 0 Å². The molecule has 2 heteroatoms. The van der Waals surface area contributed by atoms with Crippen molar-refractivity contribution in [3.63, 3.8) is 0 Å². The van der Waals surface area contributed by atoms with E-state index in [1.165, 1.54) is 43.4 Å². The highest BCUT2D eigenvalue weighted by Crippen LogP contribution is 2.60. The van der Waals surface area contributed by atoms with Crippen LogP contribution in [0.25, 0.3) is 0 Å². The van der Waals surface area contributed by atoms with Gasteiger partial charge in [0.15, 0.2) is 0 Å². The van der Waals surface area contributed by atoms with Gasteiger partial charge in [0.25, 0.3) is 0 Å². The minimum absolute atomic E-state index is 0.245. The second-order valence-electron chi connectivity index (χ2n) is 7.75. The molecular formula is C18H23NO. The molecule has 106 valence electrons. The summed E-state index contributed by atoms with van der Waals surface area (Å²) in [5.74, 6) is 2.93. The zero-order valence-electron chi connectivity index (χ0n) is 11.9. The standard InChI is InChI=1S/C18H23NO/c20-18(17-10-13-3-1-2-4-16(13)19-17)14-6-11-5-12(8-14)9-15(18)7-11/h1-4,11-12,14-15,17,19-20H,5-10H2. The summed E-state index contributed by atoms with van der Waals surface area (Å²) in [7, 11) is 0. The molecule has 1 aromatic rings. The average Bonchev–Trinajstić information content (AvgIpc) is 2.88. The number of hydrogen-bond acceptors (Lipinski definition) is 2. The Morgan fingerprint density at radius 2 is 1.60 bits per heavy atom. The molecule has 0 spiro atoms. The van der Waals surface area contributed by atoms with Crippen LogP contribution in [0.4, 0.5) is 5.69 Å². The number of fused-ring (bicyclic) bond motifs is 1. The monoisotopic (exact) mass is 269 g/mol. The number of hydrogen-bond donors (Lipinski definition) is 2. The fourth-order valence-electron chi connectivity index (χ4n) is 6.09. The lowest BCUT2D eigenvalue weighted by Gasteiger charge is -2.60. The molecule has 2 N–H and O–H groups in total. The first-order valence-corrected chi connectivity index (χ1v) is 8.30. The lowest BCUT2D eigenvalue weighted by Crippen LogP contribution is -2.64. The maximum Gasteiger partial charge on any atom is 0.0907 e. The van der Waals surface area contributed by atoms with E-state index in [1.807, 2.05) is 0 Å². The number of nitrogens with one attached hydrogen (secondary N) is 1. The van der Waals surface area contributed by atoms with Crippen LogP contribution in [0.15, 0.2) is 24.3 Å². The Balaban J connectivity index is 1.49. The van der Waals surface area contributed by atoms with Gasteiger partial charge in [-0.1, -0.05) is 18.2 Å². The third-order valence-electron chi connectivity index (χ3n) is 6.78. The lowest BCUT2D eigenvalue weighted by atomic mass is 9.48. The lowest BCUT2D eigenvalue weighted by molar-refractivity contribution is -0.180. The summed E-state index contributed by atoms with van der Waals surface area (Å²) in [6.45, 7) is 0. The summed E-state index contributed by atoms with van der Waals surface area (Å²) >= 11 is 0. The third kappa shape index (κ3) is 1.38. The van der Waals surface area contributed by atoms with E-state index >= 15 is 0 Å². The van der Waals surface area contributed by atoms with Crippen LogP contribution >= 0.6 is 0 Å². The van der Waals surface area contributed by atoms with E-state index in [-0.39, 0.29) is 6.04 Å². The number of anilines is 1. The zero-order valence-corrected chi connectivity index (χ0v) is 11.9. The summed E-state index contributed by atoms with van der Waals surface area (Å²) in [5.41, 5.74) is 2.19. The van der Waals surface area contributed by atoms with Crippen LogP contribution in [0.3, 0.4) is 0 Å². The number of rotatable bonds is 1. The average molecular weight is 269 g/mol.